The van der Waals surface area contributed by atoms with Crippen LogP contribution in [0.5, 0.6) is 5.75 Å². The number of nitrogens with zero attached hydrogens (tertiary/aromatic N) is 2. The number of H-pyrrole nitrogens is 1. The quantitative estimate of drug-likeness (QED) is 0.532. The molecule has 0 spiro atoms. The van der Waals surface area contributed by atoms with Gasteiger partial charge in [-0.05, 0) is 12.1 Å². The van der Waals surface area contributed by atoms with Gasteiger partial charge in [0, 0.05) is 17.8 Å². The van der Waals surface area contributed by atoms with Crippen LogP contribution in [0.15, 0.2) is 72.9 Å². The Kier molecular flexibility index (Phi) is 3.92. The van der Waals surface area contributed by atoms with Crippen molar-refractivity contribution in [2.45, 2.75) is 0 Å². The van der Waals surface area contributed by atoms with E-state index >= 15 is 0 Å². The van der Waals surface area contributed by atoms with Gasteiger partial charge in [0.1, 0.15) is 5.69 Å². The molecule has 0 saturated carbocycles. The molecule has 4 nitrogen and oxygen atoms in total. The normalized spacial score (nSPS) is 10.4. The van der Waals surface area contributed by atoms with Crippen molar-refractivity contribution in [2.24, 2.45) is 0 Å². The molecular formula is C18H13BeN3O+2. The zero-order valence-electron chi connectivity index (χ0n) is 12.4. The van der Waals surface area contributed by atoms with E-state index in [0.29, 0.717) is 5.69 Å². The van der Waals surface area contributed by atoms with E-state index in [2.05, 4.69) is 10.1 Å². The zero-order chi connectivity index (χ0) is 14.9. The minimum Gasteiger partial charge on any atom is -0.871 e. The minimum absolute atomic E-state index is 0. The molecule has 1 N–H and O–H groups in total. The van der Waals surface area contributed by atoms with E-state index in [0.717, 1.165) is 22.3 Å². The van der Waals surface area contributed by atoms with Crippen molar-refractivity contribution in [3.05, 3.63) is 72.9 Å². The molecule has 0 bridgehead atoms. The number of fused-ring (bicyclic) bond motifs is 1. The van der Waals surface area contributed by atoms with Crippen molar-refractivity contribution in [3.8, 4) is 22.7 Å². The Bertz CT molecular complexity index is 951. The average Bonchev–Trinajstić information content (AvgIpc) is 2.95. The molecule has 0 amide bonds. The molecule has 2 aromatic carbocycles. The predicted octanol–water partition coefficient (Wildman–Crippen LogP) is 2.20. The van der Waals surface area contributed by atoms with E-state index in [1.54, 1.807) is 18.3 Å². The van der Waals surface area contributed by atoms with Crippen LogP contribution >= 0.6 is 0 Å². The molecule has 5 heteroatoms. The Balaban J connectivity index is 0.00000156. The molecule has 106 valence electrons. The van der Waals surface area contributed by atoms with E-state index in [9.17, 15) is 5.11 Å². The molecule has 0 aliphatic heterocycles. The van der Waals surface area contributed by atoms with Crippen molar-refractivity contribution in [2.75, 3.05) is 0 Å². The Morgan fingerprint density at radius 3 is 2.39 bits per heavy atom. The topological polar surface area (TPSA) is 55.0 Å². The van der Waals surface area contributed by atoms with Crippen LogP contribution in [-0.2, 0) is 0 Å². The van der Waals surface area contributed by atoms with Gasteiger partial charge in [-0.25, -0.2) is 4.98 Å². The molecule has 4 aromatic rings. The average molecular weight is 296 g/mol. The number of hydrogen-bond donors (Lipinski definition) is 0. The third-order valence-corrected chi connectivity index (χ3v) is 3.64. The fourth-order valence-corrected chi connectivity index (χ4v) is 2.65. The summed E-state index contributed by atoms with van der Waals surface area (Å²) in [5.74, 6) is -0.0313. The summed E-state index contributed by atoms with van der Waals surface area (Å²) in [5.41, 5.74) is 4.22. The summed E-state index contributed by atoms with van der Waals surface area (Å²) in [4.78, 5) is 4.48. The van der Waals surface area contributed by atoms with Crippen LogP contribution in [0.1, 0.15) is 0 Å². The first-order chi connectivity index (χ1) is 10.8. The van der Waals surface area contributed by atoms with Gasteiger partial charge < -0.3 is 5.11 Å². The summed E-state index contributed by atoms with van der Waals surface area (Å²) in [7, 11) is 0. The van der Waals surface area contributed by atoms with Gasteiger partial charge in [-0.3, -0.25) is 0 Å². The second-order valence-corrected chi connectivity index (χ2v) is 5.03. The number of aromatic amines is 1. The van der Waals surface area contributed by atoms with E-state index in [1.165, 1.54) is 0 Å². The largest absolute Gasteiger partial charge is 2.00 e. The molecule has 0 unspecified atom stereocenters. The van der Waals surface area contributed by atoms with E-state index in [-0.39, 0.29) is 15.9 Å². The van der Waals surface area contributed by atoms with Gasteiger partial charge in [0.15, 0.2) is 5.52 Å². The van der Waals surface area contributed by atoms with Crippen molar-refractivity contribution in [1.82, 2.24) is 9.67 Å². The third-order valence-electron chi connectivity index (χ3n) is 3.64. The molecule has 0 atom stereocenters. The maximum absolute atomic E-state index is 12.2. The van der Waals surface area contributed by atoms with Gasteiger partial charge in [-0.2, -0.15) is 0 Å². The number of pyridine rings is 1. The number of aromatic nitrogens is 3. The van der Waals surface area contributed by atoms with Crippen LogP contribution in [-0.4, -0.2) is 19.8 Å². The van der Waals surface area contributed by atoms with Crippen LogP contribution in [0.3, 0.4) is 0 Å². The number of hydrogen-bond acceptors (Lipinski definition) is 2. The molecule has 0 fully saturated rings. The maximum Gasteiger partial charge on any atom is 2.00 e. The van der Waals surface area contributed by atoms with Crippen LogP contribution < -0.4 is 10.2 Å². The first kappa shape index (κ1) is 14.9. The van der Waals surface area contributed by atoms with Gasteiger partial charge in [0.2, 0.25) is 0 Å². The van der Waals surface area contributed by atoms with Crippen LogP contribution in [0, 0.1) is 0 Å². The summed E-state index contributed by atoms with van der Waals surface area (Å²) in [6.45, 7) is 0. The van der Waals surface area contributed by atoms with Gasteiger partial charge in [0.25, 0.3) is 5.52 Å². The van der Waals surface area contributed by atoms with Crippen LogP contribution in [0.25, 0.3) is 28.0 Å². The maximum atomic E-state index is 12.2. The third kappa shape index (κ3) is 2.49. The first-order valence-electron chi connectivity index (χ1n) is 7.05. The Hall–Kier alpha value is -2.97. The van der Waals surface area contributed by atoms with E-state index < -0.39 is 0 Å². The number of para-hydroxylation sites is 2. The summed E-state index contributed by atoms with van der Waals surface area (Å²) in [6, 6.07) is 20.8. The zero-order valence-corrected chi connectivity index (χ0v) is 12.4. The van der Waals surface area contributed by atoms with Crippen LogP contribution in [0.4, 0.5) is 0 Å². The number of benzene rings is 2. The Morgan fingerprint density at radius 1 is 0.870 bits per heavy atom. The van der Waals surface area contributed by atoms with Crippen molar-refractivity contribution >= 4 is 21.2 Å². The van der Waals surface area contributed by atoms with Crippen molar-refractivity contribution in [3.63, 3.8) is 0 Å². The van der Waals surface area contributed by atoms with Gasteiger partial charge in [-0.1, -0.05) is 54.3 Å². The molecule has 0 aliphatic carbocycles. The number of nitrogens with one attached hydrogen (secondary N) is 1. The summed E-state index contributed by atoms with van der Waals surface area (Å²) >= 11 is 0. The van der Waals surface area contributed by atoms with Crippen molar-refractivity contribution < 1.29 is 10.2 Å². The number of rotatable bonds is 2. The van der Waals surface area contributed by atoms with E-state index in [4.69, 9.17) is 0 Å². The summed E-state index contributed by atoms with van der Waals surface area (Å²) in [6.07, 6.45) is 1.76. The summed E-state index contributed by atoms with van der Waals surface area (Å²) < 4.78 is 1.81. The molecule has 4 rings (SSSR count). The fourth-order valence-electron chi connectivity index (χ4n) is 2.65. The van der Waals surface area contributed by atoms with E-state index in [1.807, 2.05) is 59.3 Å². The second kappa shape index (κ2) is 6.03. The predicted molar refractivity (Wildman–Crippen MR) is 88.3 cm³/mol. The summed E-state index contributed by atoms with van der Waals surface area (Å²) in [5, 5.41) is 15.5. The molecule has 2 aromatic heterocycles. The molecule has 0 aliphatic rings. The SMILES string of the molecule is [Be+2].[O-]c1ccccc1-n1[nH+]c2cccnc2c1-c1ccccc1. The van der Waals surface area contributed by atoms with Gasteiger partial charge in [0.05, 0.1) is 5.69 Å². The van der Waals surface area contributed by atoms with Crippen molar-refractivity contribution in [1.29, 1.82) is 0 Å². The second-order valence-electron chi connectivity index (χ2n) is 5.03. The Morgan fingerprint density at radius 2 is 1.61 bits per heavy atom. The van der Waals surface area contributed by atoms with Gasteiger partial charge >= 0.3 is 10.1 Å². The molecule has 0 saturated heterocycles. The standard InChI is InChI=1S/C18H13N3O.Be/c22-16-11-5-4-10-15(16)21-18(13-7-2-1-3-8-13)17-14(20-21)9-6-12-19-17;/h1-12,22H;/q;+2. The van der Waals surface area contributed by atoms with Crippen LogP contribution in [0.2, 0.25) is 0 Å². The minimum atomic E-state index is -0.0313. The molecular weight excluding hydrogens is 283 g/mol. The Labute approximate surface area is 137 Å². The fraction of sp³-hybridized carbons (Fsp3) is 0. The molecule has 0 radical (unpaired) electrons. The smallest absolute Gasteiger partial charge is 0.871 e. The first-order valence-corrected chi connectivity index (χ1v) is 7.05. The monoisotopic (exact) mass is 296 g/mol. The molecule has 2 heterocycles. The molecule has 23 heavy (non-hydrogen) atoms. The van der Waals surface area contributed by atoms with Gasteiger partial charge in [-0.15, -0.1) is 9.78 Å².